The summed E-state index contributed by atoms with van der Waals surface area (Å²) in [7, 11) is 0. The SMILES string of the molecule is CCOc1ccccc1NC(=O)N1CC(C)C(c2nc(-c3cccnc3)no2)C1. The van der Waals surface area contributed by atoms with Crippen LogP contribution < -0.4 is 10.1 Å². The number of carbonyl (C=O) groups excluding carboxylic acids is 1. The third kappa shape index (κ3) is 4.06. The minimum Gasteiger partial charge on any atom is -0.492 e. The Hall–Kier alpha value is -3.42. The van der Waals surface area contributed by atoms with E-state index in [1.807, 2.05) is 43.3 Å². The van der Waals surface area contributed by atoms with E-state index in [4.69, 9.17) is 9.26 Å². The maximum atomic E-state index is 12.8. The van der Waals surface area contributed by atoms with Crippen molar-refractivity contribution in [2.24, 2.45) is 5.92 Å². The minimum atomic E-state index is -0.168. The molecule has 0 aliphatic carbocycles. The molecule has 2 amide bonds. The second-order valence-electron chi connectivity index (χ2n) is 7.05. The maximum absolute atomic E-state index is 12.8. The minimum absolute atomic E-state index is 0.0131. The van der Waals surface area contributed by atoms with Crippen LogP contribution >= 0.6 is 0 Å². The van der Waals surface area contributed by atoms with Crippen molar-refractivity contribution in [2.45, 2.75) is 19.8 Å². The smallest absolute Gasteiger partial charge is 0.321 e. The number of hydrogen-bond donors (Lipinski definition) is 1. The van der Waals surface area contributed by atoms with Crippen LogP contribution in [-0.2, 0) is 0 Å². The van der Waals surface area contributed by atoms with Gasteiger partial charge in [0.1, 0.15) is 5.75 Å². The van der Waals surface area contributed by atoms with Crippen molar-refractivity contribution >= 4 is 11.7 Å². The third-order valence-corrected chi connectivity index (χ3v) is 5.01. The van der Waals surface area contributed by atoms with Gasteiger partial charge < -0.3 is 19.5 Å². The van der Waals surface area contributed by atoms with Gasteiger partial charge in [0.25, 0.3) is 0 Å². The van der Waals surface area contributed by atoms with Crippen LogP contribution in [0.25, 0.3) is 11.4 Å². The molecule has 1 N–H and O–H groups in total. The van der Waals surface area contributed by atoms with E-state index in [2.05, 4.69) is 27.4 Å². The Morgan fingerprint density at radius 1 is 1.28 bits per heavy atom. The van der Waals surface area contributed by atoms with E-state index in [1.54, 1.807) is 17.3 Å². The van der Waals surface area contributed by atoms with Crippen molar-refractivity contribution in [3.63, 3.8) is 0 Å². The van der Waals surface area contributed by atoms with Crippen LogP contribution in [0.3, 0.4) is 0 Å². The number of para-hydroxylation sites is 2. The van der Waals surface area contributed by atoms with Crippen LogP contribution in [-0.4, -0.2) is 45.8 Å². The lowest BCUT2D eigenvalue weighted by Gasteiger charge is -2.18. The molecular weight excluding hydrogens is 370 g/mol. The van der Waals surface area contributed by atoms with Gasteiger partial charge >= 0.3 is 6.03 Å². The summed E-state index contributed by atoms with van der Waals surface area (Å²) in [6.07, 6.45) is 3.39. The standard InChI is InChI=1S/C21H23N5O3/c1-3-28-18-9-5-4-8-17(18)23-21(27)26-12-14(2)16(13-26)20-24-19(25-29-20)15-7-6-10-22-11-15/h4-11,14,16H,3,12-13H2,1-2H3,(H,23,27). The Balaban J connectivity index is 1.45. The van der Waals surface area contributed by atoms with Crippen molar-refractivity contribution < 1.29 is 14.1 Å². The van der Waals surface area contributed by atoms with Crippen molar-refractivity contribution in [3.05, 3.63) is 54.7 Å². The van der Waals surface area contributed by atoms with Gasteiger partial charge in [0.15, 0.2) is 0 Å². The quantitative estimate of drug-likeness (QED) is 0.709. The van der Waals surface area contributed by atoms with Gasteiger partial charge in [-0.15, -0.1) is 0 Å². The number of benzene rings is 1. The Morgan fingerprint density at radius 3 is 2.93 bits per heavy atom. The number of nitrogens with one attached hydrogen (secondary N) is 1. The molecule has 1 aromatic carbocycles. The van der Waals surface area contributed by atoms with Crippen molar-refractivity contribution in [2.75, 3.05) is 25.0 Å². The first-order chi connectivity index (χ1) is 14.2. The van der Waals surface area contributed by atoms with E-state index >= 15 is 0 Å². The predicted molar refractivity (Wildman–Crippen MR) is 108 cm³/mol. The third-order valence-electron chi connectivity index (χ3n) is 5.01. The average molecular weight is 393 g/mol. The fourth-order valence-electron chi connectivity index (χ4n) is 3.50. The second-order valence-corrected chi connectivity index (χ2v) is 7.05. The summed E-state index contributed by atoms with van der Waals surface area (Å²) in [5.41, 5.74) is 1.46. The highest BCUT2D eigenvalue weighted by Crippen LogP contribution is 2.33. The highest BCUT2D eigenvalue weighted by atomic mass is 16.5. The van der Waals surface area contributed by atoms with Crippen molar-refractivity contribution in [1.29, 1.82) is 0 Å². The summed E-state index contributed by atoms with van der Waals surface area (Å²) >= 11 is 0. The molecule has 2 atom stereocenters. The largest absolute Gasteiger partial charge is 0.492 e. The molecule has 2 aromatic heterocycles. The Morgan fingerprint density at radius 2 is 2.14 bits per heavy atom. The summed E-state index contributed by atoms with van der Waals surface area (Å²) in [4.78, 5) is 23.2. The molecule has 1 aliphatic heterocycles. The fourth-order valence-corrected chi connectivity index (χ4v) is 3.50. The lowest BCUT2D eigenvalue weighted by atomic mass is 9.98. The van der Waals surface area contributed by atoms with Gasteiger partial charge in [-0.3, -0.25) is 4.98 Å². The molecule has 1 fully saturated rings. The molecule has 29 heavy (non-hydrogen) atoms. The Kier molecular flexibility index (Phi) is 5.41. The number of likely N-dealkylation sites (tertiary alicyclic amines) is 1. The molecule has 0 bridgehead atoms. The van der Waals surface area contributed by atoms with E-state index in [0.717, 1.165) is 5.56 Å². The fraction of sp³-hybridized carbons (Fsp3) is 0.333. The first-order valence-corrected chi connectivity index (χ1v) is 9.67. The Labute approximate surface area is 168 Å². The average Bonchev–Trinajstić information content (AvgIpc) is 3.37. The molecule has 4 rings (SSSR count). The molecule has 3 heterocycles. The van der Waals surface area contributed by atoms with E-state index in [-0.39, 0.29) is 17.9 Å². The number of carbonyl (C=O) groups is 1. The molecular formula is C21H23N5O3. The normalized spacial score (nSPS) is 18.6. The monoisotopic (exact) mass is 393 g/mol. The van der Waals surface area contributed by atoms with Gasteiger partial charge in [0.05, 0.1) is 18.2 Å². The number of rotatable bonds is 5. The molecule has 1 saturated heterocycles. The lowest BCUT2D eigenvalue weighted by Crippen LogP contribution is -2.33. The van der Waals surface area contributed by atoms with Gasteiger partial charge in [-0.1, -0.05) is 24.2 Å². The molecule has 3 aromatic rings. The first-order valence-electron chi connectivity index (χ1n) is 9.67. The van der Waals surface area contributed by atoms with Gasteiger partial charge in [-0.05, 0) is 37.1 Å². The molecule has 1 aliphatic rings. The lowest BCUT2D eigenvalue weighted by molar-refractivity contribution is 0.220. The molecule has 0 saturated carbocycles. The summed E-state index contributed by atoms with van der Waals surface area (Å²) in [5, 5.41) is 7.02. The number of hydrogen-bond acceptors (Lipinski definition) is 6. The number of anilines is 1. The second kappa shape index (κ2) is 8.30. The zero-order valence-corrected chi connectivity index (χ0v) is 16.4. The molecule has 8 nitrogen and oxygen atoms in total. The Bertz CT molecular complexity index is 975. The number of pyridine rings is 1. The molecule has 2 unspecified atom stereocenters. The van der Waals surface area contributed by atoms with E-state index in [0.29, 0.717) is 42.8 Å². The first kappa shape index (κ1) is 18.9. The summed E-state index contributed by atoms with van der Waals surface area (Å²) in [5.74, 6) is 1.89. The van der Waals surface area contributed by atoms with Crippen LogP contribution in [0.15, 0.2) is 53.3 Å². The number of ether oxygens (including phenoxy) is 1. The summed E-state index contributed by atoms with van der Waals surface area (Å²) < 4.78 is 11.1. The summed E-state index contributed by atoms with van der Waals surface area (Å²) in [6.45, 7) is 5.65. The van der Waals surface area contributed by atoms with Gasteiger partial charge in [-0.25, -0.2) is 4.79 Å². The number of aromatic nitrogens is 3. The van der Waals surface area contributed by atoms with Gasteiger partial charge in [0.2, 0.25) is 11.7 Å². The molecule has 8 heteroatoms. The molecule has 0 radical (unpaired) electrons. The molecule has 0 spiro atoms. The van der Waals surface area contributed by atoms with Crippen LogP contribution in [0.1, 0.15) is 25.7 Å². The number of nitrogens with zero attached hydrogens (tertiary/aromatic N) is 4. The predicted octanol–water partition coefficient (Wildman–Crippen LogP) is 3.80. The van der Waals surface area contributed by atoms with Crippen LogP contribution in [0.5, 0.6) is 5.75 Å². The van der Waals surface area contributed by atoms with Crippen molar-refractivity contribution in [3.8, 4) is 17.1 Å². The van der Waals surface area contributed by atoms with E-state index in [1.165, 1.54) is 0 Å². The van der Waals surface area contributed by atoms with Gasteiger partial charge in [0, 0.05) is 31.0 Å². The maximum Gasteiger partial charge on any atom is 0.321 e. The van der Waals surface area contributed by atoms with Gasteiger partial charge in [-0.2, -0.15) is 4.98 Å². The van der Waals surface area contributed by atoms with Crippen LogP contribution in [0, 0.1) is 5.92 Å². The summed E-state index contributed by atoms with van der Waals surface area (Å²) in [6, 6.07) is 11.0. The highest BCUT2D eigenvalue weighted by Gasteiger charge is 2.37. The van der Waals surface area contributed by atoms with Crippen LogP contribution in [0.2, 0.25) is 0 Å². The number of urea groups is 1. The number of amides is 2. The topological polar surface area (TPSA) is 93.4 Å². The highest BCUT2D eigenvalue weighted by molar-refractivity contribution is 5.91. The van der Waals surface area contributed by atoms with Crippen molar-refractivity contribution in [1.82, 2.24) is 20.0 Å². The zero-order chi connectivity index (χ0) is 20.2. The van der Waals surface area contributed by atoms with Crippen LogP contribution in [0.4, 0.5) is 10.5 Å². The molecule has 150 valence electrons. The zero-order valence-electron chi connectivity index (χ0n) is 16.4. The van der Waals surface area contributed by atoms with E-state index < -0.39 is 0 Å². The van der Waals surface area contributed by atoms with E-state index in [9.17, 15) is 4.79 Å².